The number of benzene rings is 2. The summed E-state index contributed by atoms with van der Waals surface area (Å²) in [5.41, 5.74) is 6.30. The maximum atomic E-state index is 13.3. The third-order valence-electron chi connectivity index (χ3n) is 5.48. The molecule has 36 heavy (non-hydrogen) atoms. The Morgan fingerprint density at radius 2 is 1.86 bits per heavy atom. The summed E-state index contributed by atoms with van der Waals surface area (Å²) in [5, 5.41) is 4.70. The Labute approximate surface area is 214 Å². The number of aryl methyl sites for hydroxylation is 1. The van der Waals surface area contributed by atoms with Crippen LogP contribution in [0.15, 0.2) is 95.2 Å². The van der Waals surface area contributed by atoms with Crippen LogP contribution in [0, 0.1) is 13.8 Å². The average molecular weight is 522 g/mol. The predicted octanol–water partition coefficient (Wildman–Crippen LogP) is 4.49. The third-order valence-corrected chi connectivity index (χ3v) is 7.51. The van der Waals surface area contributed by atoms with Crippen LogP contribution < -0.4 is 9.73 Å². The first-order chi connectivity index (χ1) is 17.3. The summed E-state index contributed by atoms with van der Waals surface area (Å²) in [6.45, 7) is 3.43. The minimum atomic E-state index is -4.00. The lowest BCUT2D eigenvalue weighted by Crippen LogP contribution is -2.39. The van der Waals surface area contributed by atoms with Crippen LogP contribution in [-0.2, 0) is 14.8 Å². The molecule has 0 radical (unpaired) electrons. The van der Waals surface area contributed by atoms with Gasteiger partial charge in [0.15, 0.2) is 0 Å². The molecule has 2 aromatic carbocycles. The molecular formula is C26H24ClN5O3S. The van der Waals surface area contributed by atoms with Crippen LogP contribution in [0.3, 0.4) is 0 Å². The summed E-state index contributed by atoms with van der Waals surface area (Å²) < 4.78 is 29.6. The number of nitrogens with one attached hydrogen (secondary N) is 1. The van der Waals surface area contributed by atoms with Crippen LogP contribution in [-0.4, -0.2) is 36.6 Å². The van der Waals surface area contributed by atoms with Gasteiger partial charge in [0.2, 0.25) is 0 Å². The van der Waals surface area contributed by atoms with Crippen molar-refractivity contribution in [3.05, 3.63) is 107 Å². The van der Waals surface area contributed by atoms with Crippen molar-refractivity contribution in [2.45, 2.75) is 18.7 Å². The van der Waals surface area contributed by atoms with Crippen molar-refractivity contribution >= 4 is 39.4 Å². The van der Waals surface area contributed by atoms with Gasteiger partial charge in [0.1, 0.15) is 6.54 Å². The van der Waals surface area contributed by atoms with Crippen molar-refractivity contribution in [1.29, 1.82) is 0 Å². The Balaban J connectivity index is 1.53. The molecule has 0 aliphatic rings. The number of halogens is 1. The molecule has 1 amide bonds. The quantitative estimate of drug-likeness (QED) is 0.273. The molecule has 4 rings (SSSR count). The van der Waals surface area contributed by atoms with Gasteiger partial charge in [-0.25, -0.2) is 13.8 Å². The fourth-order valence-electron chi connectivity index (χ4n) is 3.81. The second-order valence-electron chi connectivity index (χ2n) is 7.97. The zero-order chi connectivity index (χ0) is 25.7. The van der Waals surface area contributed by atoms with E-state index < -0.39 is 22.5 Å². The summed E-state index contributed by atoms with van der Waals surface area (Å²) in [7, 11) is -4.00. The van der Waals surface area contributed by atoms with Crippen LogP contribution in [0.25, 0.3) is 5.69 Å². The predicted molar refractivity (Wildman–Crippen MR) is 141 cm³/mol. The smallest absolute Gasteiger partial charge is 0.264 e. The maximum Gasteiger partial charge on any atom is 0.264 e. The summed E-state index contributed by atoms with van der Waals surface area (Å²) in [4.78, 5) is 16.8. The van der Waals surface area contributed by atoms with Gasteiger partial charge in [-0.15, -0.1) is 0 Å². The number of hydrogen-bond donors (Lipinski definition) is 1. The molecule has 0 saturated heterocycles. The van der Waals surface area contributed by atoms with Gasteiger partial charge in [0.25, 0.3) is 15.9 Å². The van der Waals surface area contributed by atoms with Gasteiger partial charge in [-0.1, -0.05) is 35.9 Å². The number of hydrazone groups is 1. The second-order valence-corrected chi connectivity index (χ2v) is 10.3. The van der Waals surface area contributed by atoms with Crippen LogP contribution >= 0.6 is 11.6 Å². The van der Waals surface area contributed by atoms with E-state index >= 15 is 0 Å². The fraction of sp³-hybridized carbons (Fsp3) is 0.115. The zero-order valence-corrected chi connectivity index (χ0v) is 21.2. The summed E-state index contributed by atoms with van der Waals surface area (Å²) in [6.07, 6.45) is 4.45. The molecule has 184 valence electrons. The molecule has 0 fully saturated rings. The SMILES string of the molecule is Cc1cc(/C=N\NC(=O)CN(c2cccnc2)S(=O)(=O)c2ccccc2)c(C)n1-c1cccc(Cl)c1. The number of rotatable bonds is 8. The van der Waals surface area contributed by atoms with Gasteiger partial charge in [-0.05, 0) is 62.4 Å². The highest BCUT2D eigenvalue weighted by atomic mass is 35.5. The number of aromatic nitrogens is 2. The lowest BCUT2D eigenvalue weighted by atomic mass is 10.2. The number of amides is 1. The molecule has 0 saturated carbocycles. The third kappa shape index (κ3) is 5.48. The highest BCUT2D eigenvalue weighted by Crippen LogP contribution is 2.23. The first-order valence-electron chi connectivity index (χ1n) is 11.0. The van der Waals surface area contributed by atoms with E-state index in [0.29, 0.717) is 5.02 Å². The van der Waals surface area contributed by atoms with Crippen molar-refractivity contribution in [2.75, 3.05) is 10.8 Å². The lowest BCUT2D eigenvalue weighted by molar-refractivity contribution is -0.119. The van der Waals surface area contributed by atoms with E-state index in [9.17, 15) is 13.2 Å². The molecule has 0 spiro atoms. The number of anilines is 1. The van der Waals surface area contributed by atoms with Crippen molar-refractivity contribution < 1.29 is 13.2 Å². The molecular weight excluding hydrogens is 498 g/mol. The fourth-order valence-corrected chi connectivity index (χ4v) is 5.42. The zero-order valence-electron chi connectivity index (χ0n) is 19.7. The normalized spacial score (nSPS) is 11.5. The van der Waals surface area contributed by atoms with Gasteiger partial charge < -0.3 is 4.57 Å². The van der Waals surface area contributed by atoms with E-state index in [1.807, 2.05) is 48.7 Å². The number of nitrogens with zero attached hydrogens (tertiary/aromatic N) is 4. The first kappa shape index (κ1) is 25.2. The van der Waals surface area contributed by atoms with E-state index in [-0.39, 0.29) is 10.6 Å². The van der Waals surface area contributed by atoms with Crippen molar-refractivity contribution in [3.63, 3.8) is 0 Å². The van der Waals surface area contributed by atoms with E-state index in [2.05, 4.69) is 15.5 Å². The molecule has 0 unspecified atom stereocenters. The number of hydrogen-bond acceptors (Lipinski definition) is 5. The van der Waals surface area contributed by atoms with E-state index in [0.717, 1.165) is 26.9 Å². The number of sulfonamides is 1. The van der Waals surface area contributed by atoms with Crippen molar-refractivity contribution in [2.24, 2.45) is 5.10 Å². The van der Waals surface area contributed by atoms with Crippen LogP contribution in [0.5, 0.6) is 0 Å². The largest absolute Gasteiger partial charge is 0.318 e. The van der Waals surface area contributed by atoms with Gasteiger partial charge in [-0.2, -0.15) is 5.10 Å². The molecule has 0 aliphatic heterocycles. The molecule has 10 heteroatoms. The summed E-state index contributed by atoms with van der Waals surface area (Å²) in [5.74, 6) is -0.599. The Morgan fingerprint density at radius 1 is 1.08 bits per heavy atom. The summed E-state index contributed by atoms with van der Waals surface area (Å²) in [6, 6.07) is 20.5. The van der Waals surface area contributed by atoms with Crippen LogP contribution in [0.2, 0.25) is 5.02 Å². The van der Waals surface area contributed by atoms with E-state index in [1.165, 1.54) is 30.7 Å². The maximum absolute atomic E-state index is 13.3. The van der Waals surface area contributed by atoms with Gasteiger partial charge in [0, 0.05) is 33.9 Å². The topological polar surface area (TPSA) is 96.7 Å². The Kier molecular flexibility index (Phi) is 7.52. The minimum absolute atomic E-state index is 0.0682. The number of pyridine rings is 1. The minimum Gasteiger partial charge on any atom is -0.318 e. The van der Waals surface area contributed by atoms with Crippen LogP contribution in [0.4, 0.5) is 5.69 Å². The van der Waals surface area contributed by atoms with Gasteiger partial charge in [0.05, 0.1) is 23.0 Å². The van der Waals surface area contributed by atoms with E-state index in [4.69, 9.17) is 11.6 Å². The highest BCUT2D eigenvalue weighted by molar-refractivity contribution is 7.92. The molecule has 8 nitrogen and oxygen atoms in total. The first-order valence-corrected chi connectivity index (χ1v) is 12.8. The standard InChI is InChI=1S/C26H24ClN5O3S/c1-19-14-21(20(2)32(19)23-9-6-8-22(27)15-23)16-29-30-26(33)18-31(24-10-7-13-28-17-24)36(34,35)25-11-4-3-5-12-25/h3-17H,18H2,1-2H3,(H,30,33)/b29-16-. The van der Waals surface area contributed by atoms with Gasteiger partial charge in [-0.3, -0.25) is 14.1 Å². The average Bonchev–Trinajstić information content (AvgIpc) is 3.16. The van der Waals surface area contributed by atoms with Gasteiger partial charge >= 0.3 is 0 Å². The van der Waals surface area contributed by atoms with Crippen molar-refractivity contribution in [1.82, 2.24) is 15.0 Å². The Morgan fingerprint density at radius 3 is 2.56 bits per heavy atom. The Bertz CT molecular complexity index is 1500. The molecule has 0 atom stereocenters. The molecule has 1 N–H and O–H groups in total. The Hall–Kier alpha value is -3.95. The number of carbonyl (C=O) groups excluding carboxylic acids is 1. The van der Waals surface area contributed by atoms with E-state index in [1.54, 1.807) is 30.3 Å². The monoisotopic (exact) mass is 521 g/mol. The number of carbonyl (C=O) groups is 1. The molecule has 2 heterocycles. The molecule has 0 bridgehead atoms. The molecule has 2 aromatic heterocycles. The lowest BCUT2D eigenvalue weighted by Gasteiger charge is -2.23. The highest BCUT2D eigenvalue weighted by Gasteiger charge is 2.27. The van der Waals surface area contributed by atoms with Crippen molar-refractivity contribution in [3.8, 4) is 5.69 Å². The molecule has 4 aromatic rings. The van der Waals surface area contributed by atoms with Crippen LogP contribution in [0.1, 0.15) is 17.0 Å². The summed E-state index contributed by atoms with van der Waals surface area (Å²) >= 11 is 6.14. The second kappa shape index (κ2) is 10.8. The molecule has 0 aliphatic carbocycles.